The Morgan fingerprint density at radius 1 is 1.09 bits per heavy atom. The highest BCUT2D eigenvalue weighted by Crippen LogP contribution is 2.52. The Labute approximate surface area is 197 Å². The largest absolute Gasteiger partial charge is 0.390 e. The van der Waals surface area contributed by atoms with Crippen LogP contribution in [0.25, 0.3) is 11.2 Å². The van der Waals surface area contributed by atoms with Crippen molar-refractivity contribution in [2.45, 2.75) is 49.7 Å². The summed E-state index contributed by atoms with van der Waals surface area (Å²) >= 11 is 0. The maximum atomic E-state index is 9.98. The van der Waals surface area contributed by atoms with Gasteiger partial charge < -0.3 is 20.9 Å². The van der Waals surface area contributed by atoms with Crippen molar-refractivity contribution in [3.05, 3.63) is 83.9 Å². The lowest BCUT2D eigenvalue weighted by atomic mass is 9.91. The normalized spacial score (nSPS) is 23.7. The van der Waals surface area contributed by atoms with Gasteiger partial charge in [-0.1, -0.05) is 60.7 Å². The van der Waals surface area contributed by atoms with Crippen LogP contribution >= 0.6 is 0 Å². The van der Waals surface area contributed by atoms with Crippen LogP contribution in [0, 0.1) is 0 Å². The van der Waals surface area contributed by atoms with Gasteiger partial charge >= 0.3 is 0 Å². The number of benzene rings is 2. The maximum absolute atomic E-state index is 9.98. The first-order chi connectivity index (χ1) is 16.7. The number of imidazole rings is 1. The number of aromatic nitrogens is 4. The molecule has 34 heavy (non-hydrogen) atoms. The molecule has 2 aromatic heterocycles. The monoisotopic (exact) mass is 456 g/mol. The van der Waals surface area contributed by atoms with Crippen LogP contribution in [0.5, 0.6) is 0 Å². The first kappa shape index (κ1) is 21.2. The van der Waals surface area contributed by atoms with Gasteiger partial charge in [0.25, 0.3) is 0 Å². The average Bonchev–Trinajstić information content (AvgIpc) is 3.19. The number of fused-ring (bicyclic) bond motifs is 1. The number of anilines is 1. The summed E-state index contributed by atoms with van der Waals surface area (Å²) in [5, 5.41) is 13.5. The number of hydrogen-bond donors (Lipinski definition) is 3. The summed E-state index contributed by atoms with van der Waals surface area (Å²) in [5.41, 5.74) is 9.40. The van der Waals surface area contributed by atoms with E-state index in [9.17, 15) is 5.11 Å². The van der Waals surface area contributed by atoms with Gasteiger partial charge in [-0.25, -0.2) is 15.0 Å². The number of ether oxygens (including phenoxy) is 1. The summed E-state index contributed by atoms with van der Waals surface area (Å²) in [4.78, 5) is 14.0. The van der Waals surface area contributed by atoms with Crippen molar-refractivity contribution in [3.63, 3.8) is 0 Å². The number of nitrogens with two attached hydrogens (primary N) is 1. The molecule has 2 aliphatic rings. The van der Waals surface area contributed by atoms with Crippen LogP contribution < -0.4 is 11.1 Å². The number of nitrogens with one attached hydrogen (secondary N) is 1. The van der Waals surface area contributed by atoms with E-state index in [1.165, 1.54) is 11.1 Å². The molecule has 2 fully saturated rings. The Hall–Kier alpha value is -3.33. The molecular weight excluding hydrogens is 428 g/mol. The highest BCUT2D eigenvalue weighted by molar-refractivity contribution is 5.83. The van der Waals surface area contributed by atoms with Gasteiger partial charge in [-0.3, -0.25) is 4.57 Å². The van der Waals surface area contributed by atoms with Gasteiger partial charge in [0, 0.05) is 18.9 Å². The molecule has 3 heterocycles. The van der Waals surface area contributed by atoms with Crippen molar-refractivity contribution in [1.82, 2.24) is 19.5 Å². The van der Waals surface area contributed by atoms with Crippen LogP contribution in [0.1, 0.15) is 48.4 Å². The lowest BCUT2D eigenvalue weighted by Crippen LogP contribution is -2.17. The molecule has 1 aliphatic carbocycles. The minimum Gasteiger partial charge on any atom is -0.390 e. The predicted molar refractivity (Wildman–Crippen MR) is 129 cm³/mol. The second-order valence-corrected chi connectivity index (χ2v) is 9.17. The molecule has 3 atom stereocenters. The fraction of sp³-hybridized carbons (Fsp3) is 0.346. The number of nitrogens with zero attached hydrogens (tertiary/aromatic N) is 4. The van der Waals surface area contributed by atoms with Crippen LogP contribution in [-0.4, -0.2) is 42.9 Å². The van der Waals surface area contributed by atoms with Crippen molar-refractivity contribution in [2.24, 2.45) is 5.73 Å². The molecule has 4 aromatic rings. The molecule has 2 aromatic carbocycles. The molecular formula is C26H28N6O2. The molecule has 0 bridgehead atoms. The minimum atomic E-state index is -0.384. The summed E-state index contributed by atoms with van der Waals surface area (Å²) in [6, 6.07) is 20.9. The van der Waals surface area contributed by atoms with Crippen molar-refractivity contribution in [1.29, 1.82) is 0 Å². The van der Waals surface area contributed by atoms with E-state index in [0.29, 0.717) is 35.8 Å². The molecule has 0 unspecified atom stereocenters. The zero-order valence-electron chi connectivity index (χ0n) is 18.8. The van der Waals surface area contributed by atoms with E-state index in [-0.39, 0.29) is 30.4 Å². The number of rotatable bonds is 7. The fourth-order valence-electron chi connectivity index (χ4n) is 5.00. The molecule has 1 saturated carbocycles. The smallest absolute Gasteiger partial charge is 0.167 e. The van der Waals surface area contributed by atoms with E-state index in [2.05, 4.69) is 68.8 Å². The van der Waals surface area contributed by atoms with E-state index >= 15 is 0 Å². The highest BCUT2D eigenvalue weighted by atomic mass is 16.6. The van der Waals surface area contributed by atoms with Gasteiger partial charge in [0.2, 0.25) is 0 Å². The standard InChI is InChI=1S/C26H28N6O2/c27-14-21-30-24(28-15-19(17-7-3-1-4-8-17)18-9-5-2-6-10-18)23-25(31-21)32(16-29-23)22-11-12-26(34-22)13-20(26)33/h1-10,16,19-20,22,33H,11-15,27H2,(H,28,30,31)/t20-,22+,26-/m0/s1. The van der Waals surface area contributed by atoms with E-state index < -0.39 is 0 Å². The average molecular weight is 457 g/mol. The van der Waals surface area contributed by atoms with Crippen molar-refractivity contribution >= 4 is 17.0 Å². The van der Waals surface area contributed by atoms with E-state index in [0.717, 1.165) is 12.8 Å². The van der Waals surface area contributed by atoms with Crippen molar-refractivity contribution in [3.8, 4) is 0 Å². The lowest BCUT2D eigenvalue weighted by molar-refractivity contribution is -0.0327. The highest BCUT2D eigenvalue weighted by Gasteiger charge is 2.59. The van der Waals surface area contributed by atoms with Crippen LogP contribution in [-0.2, 0) is 11.3 Å². The third-order valence-corrected chi connectivity index (χ3v) is 7.01. The Kier molecular flexibility index (Phi) is 5.28. The first-order valence-corrected chi connectivity index (χ1v) is 11.8. The van der Waals surface area contributed by atoms with Gasteiger partial charge in [0.1, 0.15) is 12.1 Å². The van der Waals surface area contributed by atoms with Gasteiger partial charge in [-0.2, -0.15) is 0 Å². The van der Waals surface area contributed by atoms with Gasteiger partial charge in [-0.15, -0.1) is 0 Å². The van der Waals surface area contributed by atoms with Crippen LogP contribution in [0.2, 0.25) is 0 Å². The zero-order chi connectivity index (χ0) is 23.1. The molecule has 1 spiro atoms. The molecule has 4 N–H and O–H groups in total. The molecule has 8 heteroatoms. The number of hydrogen-bond acceptors (Lipinski definition) is 7. The molecule has 0 amide bonds. The molecule has 6 rings (SSSR count). The van der Waals surface area contributed by atoms with Crippen LogP contribution in [0.4, 0.5) is 5.82 Å². The Balaban J connectivity index is 1.32. The van der Waals surface area contributed by atoms with Gasteiger partial charge in [0.15, 0.2) is 17.0 Å². The van der Waals surface area contributed by atoms with Crippen LogP contribution in [0.3, 0.4) is 0 Å². The third-order valence-electron chi connectivity index (χ3n) is 7.01. The quantitative estimate of drug-likeness (QED) is 0.391. The topological polar surface area (TPSA) is 111 Å². The lowest BCUT2D eigenvalue weighted by Gasteiger charge is -2.20. The molecule has 1 aliphatic heterocycles. The van der Waals surface area contributed by atoms with Crippen LogP contribution in [0.15, 0.2) is 67.0 Å². The van der Waals surface area contributed by atoms with Gasteiger partial charge in [-0.05, 0) is 24.0 Å². The first-order valence-electron chi connectivity index (χ1n) is 11.8. The Morgan fingerprint density at radius 3 is 2.35 bits per heavy atom. The zero-order valence-corrected chi connectivity index (χ0v) is 18.8. The number of aliphatic hydroxyl groups is 1. The second-order valence-electron chi connectivity index (χ2n) is 9.17. The summed E-state index contributed by atoms with van der Waals surface area (Å²) < 4.78 is 8.16. The summed E-state index contributed by atoms with van der Waals surface area (Å²) in [5.74, 6) is 1.36. The molecule has 174 valence electrons. The fourth-order valence-corrected chi connectivity index (χ4v) is 5.00. The summed E-state index contributed by atoms with van der Waals surface area (Å²) in [7, 11) is 0. The predicted octanol–water partition coefficient (Wildman–Crippen LogP) is 3.34. The SMILES string of the molecule is NCc1nc(NCC(c2ccccc2)c2ccccc2)c2ncn([C@H]3CC[C@@]4(C[C@@H]4O)O3)c2n1. The molecule has 1 saturated heterocycles. The Morgan fingerprint density at radius 2 is 1.76 bits per heavy atom. The summed E-state index contributed by atoms with van der Waals surface area (Å²) in [6.45, 7) is 0.872. The number of aliphatic hydroxyl groups excluding tert-OH is 1. The van der Waals surface area contributed by atoms with Crippen molar-refractivity contribution < 1.29 is 9.84 Å². The molecule has 0 radical (unpaired) electrons. The minimum absolute atomic E-state index is 0.144. The third kappa shape index (κ3) is 3.73. The second kappa shape index (κ2) is 8.47. The van der Waals surface area contributed by atoms with E-state index in [1.807, 2.05) is 16.7 Å². The van der Waals surface area contributed by atoms with E-state index in [4.69, 9.17) is 10.5 Å². The van der Waals surface area contributed by atoms with Gasteiger partial charge in [0.05, 0.1) is 24.6 Å². The van der Waals surface area contributed by atoms with Crippen molar-refractivity contribution in [2.75, 3.05) is 11.9 Å². The summed E-state index contributed by atoms with van der Waals surface area (Å²) in [6.07, 6.45) is 3.55. The Bertz CT molecular complexity index is 1260. The molecule has 8 nitrogen and oxygen atoms in total. The maximum Gasteiger partial charge on any atom is 0.167 e. The van der Waals surface area contributed by atoms with E-state index in [1.54, 1.807) is 6.33 Å².